The topological polar surface area (TPSA) is 3.24 Å². The fourth-order valence-corrected chi connectivity index (χ4v) is 3.25. The van der Waals surface area contributed by atoms with Gasteiger partial charge in [-0.1, -0.05) is 60.7 Å². The first-order chi connectivity index (χ1) is 10.5. The Hall–Kier alpha value is -1.81. The molecule has 2 aromatic rings. The molecule has 1 nitrogen and oxygen atoms in total. The average Bonchev–Trinajstić information content (AvgIpc) is 2.94. The van der Waals surface area contributed by atoms with Gasteiger partial charge in [0.1, 0.15) is 5.41 Å². The summed E-state index contributed by atoms with van der Waals surface area (Å²) >= 11 is 0. The summed E-state index contributed by atoms with van der Waals surface area (Å²) in [6, 6.07) is 18.0. The third-order valence-electron chi connectivity index (χ3n) is 4.47. The predicted octanol–water partition coefficient (Wildman–Crippen LogP) is 4.39. The van der Waals surface area contributed by atoms with Gasteiger partial charge >= 0.3 is 6.18 Å². The Morgan fingerprint density at radius 2 is 1.50 bits per heavy atom. The maximum Gasteiger partial charge on any atom is 0.399 e. The maximum absolute atomic E-state index is 13.8. The molecule has 1 aliphatic rings. The zero-order valence-electron chi connectivity index (χ0n) is 12.2. The minimum Gasteiger partial charge on any atom is -0.298 e. The van der Waals surface area contributed by atoms with Gasteiger partial charge in [-0.2, -0.15) is 13.2 Å². The van der Waals surface area contributed by atoms with E-state index in [1.54, 1.807) is 30.3 Å². The average molecular weight is 305 g/mol. The van der Waals surface area contributed by atoms with Crippen LogP contribution in [-0.2, 0) is 12.0 Å². The molecule has 0 amide bonds. The molecule has 0 N–H and O–H groups in total. The van der Waals surface area contributed by atoms with E-state index in [1.807, 2.05) is 35.2 Å². The van der Waals surface area contributed by atoms with Crippen molar-refractivity contribution < 1.29 is 13.2 Å². The fraction of sp³-hybridized carbons (Fsp3) is 0.333. The molecule has 1 heterocycles. The van der Waals surface area contributed by atoms with Crippen molar-refractivity contribution in [1.82, 2.24) is 4.90 Å². The Morgan fingerprint density at radius 1 is 0.909 bits per heavy atom. The highest BCUT2D eigenvalue weighted by atomic mass is 19.4. The van der Waals surface area contributed by atoms with Gasteiger partial charge in [0.25, 0.3) is 0 Å². The van der Waals surface area contributed by atoms with Gasteiger partial charge in [-0.25, -0.2) is 0 Å². The number of halogens is 3. The number of likely N-dealkylation sites (tertiary alicyclic amines) is 1. The standard InChI is InChI=1S/C18H18F3N/c19-18(20,21)17(16-9-5-2-6-10-16)11-12-22(14-17)13-15-7-3-1-4-8-15/h1-10H,11-14H2/t17-/m0/s1. The monoisotopic (exact) mass is 305 g/mol. The van der Waals surface area contributed by atoms with E-state index in [9.17, 15) is 13.2 Å². The van der Waals surface area contributed by atoms with Gasteiger partial charge in [0.15, 0.2) is 0 Å². The van der Waals surface area contributed by atoms with Crippen LogP contribution in [0.2, 0.25) is 0 Å². The second kappa shape index (κ2) is 5.76. The summed E-state index contributed by atoms with van der Waals surface area (Å²) in [5, 5.41) is 0. The first-order valence-electron chi connectivity index (χ1n) is 7.40. The highest BCUT2D eigenvalue weighted by Crippen LogP contribution is 2.47. The van der Waals surface area contributed by atoms with Crippen molar-refractivity contribution >= 4 is 0 Å². The van der Waals surface area contributed by atoms with Crippen molar-refractivity contribution in [3.63, 3.8) is 0 Å². The number of nitrogens with zero attached hydrogens (tertiary/aromatic N) is 1. The number of rotatable bonds is 3. The van der Waals surface area contributed by atoms with E-state index in [0.29, 0.717) is 18.7 Å². The Bertz CT molecular complexity index is 609. The Labute approximate surface area is 128 Å². The third kappa shape index (κ3) is 2.75. The third-order valence-corrected chi connectivity index (χ3v) is 4.47. The largest absolute Gasteiger partial charge is 0.399 e. The second-order valence-corrected chi connectivity index (χ2v) is 5.89. The van der Waals surface area contributed by atoms with Crippen molar-refractivity contribution in [3.8, 4) is 0 Å². The number of hydrogen-bond acceptors (Lipinski definition) is 1. The van der Waals surface area contributed by atoms with Crippen molar-refractivity contribution in [2.24, 2.45) is 0 Å². The van der Waals surface area contributed by atoms with Crippen LogP contribution in [0.4, 0.5) is 13.2 Å². The summed E-state index contributed by atoms with van der Waals surface area (Å²) in [6.07, 6.45) is -4.12. The summed E-state index contributed by atoms with van der Waals surface area (Å²) in [5.74, 6) is 0. The lowest BCUT2D eigenvalue weighted by Crippen LogP contribution is -2.44. The number of hydrogen-bond donors (Lipinski definition) is 0. The SMILES string of the molecule is FC(F)(F)[C@@]1(c2ccccc2)CCN(Cc2ccccc2)C1. The summed E-state index contributed by atoms with van der Waals surface area (Å²) in [5.41, 5.74) is -0.324. The molecule has 0 saturated carbocycles. The number of alkyl halides is 3. The Balaban J connectivity index is 1.85. The molecular weight excluding hydrogens is 287 g/mol. The van der Waals surface area contributed by atoms with Crippen LogP contribution < -0.4 is 0 Å². The van der Waals surface area contributed by atoms with Crippen molar-refractivity contribution in [2.45, 2.75) is 24.6 Å². The van der Waals surface area contributed by atoms with E-state index in [0.717, 1.165) is 5.56 Å². The molecule has 116 valence electrons. The van der Waals surface area contributed by atoms with Gasteiger partial charge in [0.05, 0.1) is 0 Å². The molecule has 0 spiro atoms. The minimum absolute atomic E-state index is 0.0232. The molecular formula is C18H18F3N. The van der Waals surface area contributed by atoms with Gasteiger partial charge in [-0.05, 0) is 24.1 Å². The molecule has 0 aromatic heterocycles. The van der Waals surface area contributed by atoms with E-state index in [1.165, 1.54) is 0 Å². The van der Waals surface area contributed by atoms with Gasteiger partial charge in [0.2, 0.25) is 0 Å². The van der Waals surface area contributed by atoms with E-state index in [2.05, 4.69) is 0 Å². The Morgan fingerprint density at radius 3 is 2.09 bits per heavy atom. The summed E-state index contributed by atoms with van der Waals surface area (Å²) in [6.45, 7) is 1.05. The molecule has 1 saturated heterocycles. The summed E-state index contributed by atoms with van der Waals surface area (Å²) in [4.78, 5) is 1.90. The first-order valence-corrected chi connectivity index (χ1v) is 7.40. The fourth-order valence-electron chi connectivity index (χ4n) is 3.25. The van der Waals surface area contributed by atoms with Crippen LogP contribution in [0.5, 0.6) is 0 Å². The van der Waals surface area contributed by atoms with Gasteiger partial charge in [-0.3, -0.25) is 4.90 Å². The zero-order chi connectivity index (χ0) is 15.6. The molecule has 1 atom stereocenters. The lowest BCUT2D eigenvalue weighted by Gasteiger charge is -2.32. The quantitative estimate of drug-likeness (QED) is 0.813. The number of benzene rings is 2. The first kappa shape index (κ1) is 15.1. The van der Waals surface area contributed by atoms with Crippen LogP contribution in [-0.4, -0.2) is 24.2 Å². The van der Waals surface area contributed by atoms with E-state index < -0.39 is 11.6 Å². The van der Waals surface area contributed by atoms with Crippen LogP contribution in [0.3, 0.4) is 0 Å². The smallest absolute Gasteiger partial charge is 0.298 e. The van der Waals surface area contributed by atoms with Crippen molar-refractivity contribution in [2.75, 3.05) is 13.1 Å². The molecule has 0 radical (unpaired) electrons. The van der Waals surface area contributed by atoms with Crippen molar-refractivity contribution in [1.29, 1.82) is 0 Å². The normalized spacial score (nSPS) is 22.9. The molecule has 3 rings (SSSR count). The summed E-state index contributed by atoms with van der Waals surface area (Å²) < 4.78 is 41.4. The van der Waals surface area contributed by atoms with Gasteiger partial charge < -0.3 is 0 Å². The maximum atomic E-state index is 13.8. The second-order valence-electron chi connectivity index (χ2n) is 5.89. The van der Waals surface area contributed by atoms with E-state index >= 15 is 0 Å². The molecule has 2 aromatic carbocycles. The zero-order valence-corrected chi connectivity index (χ0v) is 12.2. The van der Waals surface area contributed by atoms with E-state index in [4.69, 9.17) is 0 Å². The van der Waals surface area contributed by atoms with Crippen LogP contribution in [0.1, 0.15) is 17.5 Å². The lowest BCUT2D eigenvalue weighted by atomic mass is 9.79. The molecule has 4 heteroatoms. The summed E-state index contributed by atoms with van der Waals surface area (Å²) in [7, 11) is 0. The van der Waals surface area contributed by atoms with Gasteiger partial charge in [-0.15, -0.1) is 0 Å². The van der Waals surface area contributed by atoms with Crippen LogP contribution >= 0.6 is 0 Å². The Kier molecular flexibility index (Phi) is 3.96. The molecule has 0 unspecified atom stereocenters. The minimum atomic E-state index is -4.24. The lowest BCUT2D eigenvalue weighted by molar-refractivity contribution is -0.187. The van der Waals surface area contributed by atoms with Crippen LogP contribution in [0, 0.1) is 0 Å². The molecule has 1 fully saturated rings. The highest BCUT2D eigenvalue weighted by molar-refractivity contribution is 5.30. The van der Waals surface area contributed by atoms with Crippen LogP contribution in [0.25, 0.3) is 0 Å². The van der Waals surface area contributed by atoms with Crippen molar-refractivity contribution in [3.05, 3.63) is 71.8 Å². The van der Waals surface area contributed by atoms with Crippen LogP contribution in [0.15, 0.2) is 60.7 Å². The molecule has 1 aliphatic heterocycles. The predicted molar refractivity (Wildman–Crippen MR) is 80.5 cm³/mol. The van der Waals surface area contributed by atoms with Gasteiger partial charge in [0, 0.05) is 13.1 Å². The molecule has 0 bridgehead atoms. The molecule has 22 heavy (non-hydrogen) atoms. The van der Waals surface area contributed by atoms with E-state index in [-0.39, 0.29) is 13.0 Å². The highest BCUT2D eigenvalue weighted by Gasteiger charge is 2.58. The molecule has 0 aliphatic carbocycles.